The van der Waals surface area contributed by atoms with Gasteiger partial charge in [0.05, 0.1) is 0 Å². The molecule has 0 amide bonds. The van der Waals surface area contributed by atoms with Gasteiger partial charge in [0.25, 0.3) is 0 Å². The Hall–Kier alpha value is -1.46. The van der Waals surface area contributed by atoms with Gasteiger partial charge in [0.2, 0.25) is 0 Å². The quantitative estimate of drug-likeness (QED) is 0.860. The van der Waals surface area contributed by atoms with Gasteiger partial charge in [-0.3, -0.25) is 0 Å². The van der Waals surface area contributed by atoms with Gasteiger partial charge in [0.1, 0.15) is 23.2 Å². The molecule has 0 atom stereocenters. The maximum atomic E-state index is 13.2. The first-order valence-electron chi connectivity index (χ1n) is 5.52. The number of thiocarbonyl (C=S) groups is 1. The Bertz CT molecular complexity index is 598. The molecular formula is C14H11BrFNOS. The largest absolute Gasteiger partial charge is 0.489 e. The fourth-order valence-corrected chi connectivity index (χ4v) is 2.24. The van der Waals surface area contributed by atoms with Crippen molar-refractivity contribution in [2.24, 2.45) is 5.73 Å². The molecule has 2 N–H and O–H groups in total. The average molecular weight is 340 g/mol. The van der Waals surface area contributed by atoms with E-state index < -0.39 is 0 Å². The lowest BCUT2D eigenvalue weighted by atomic mass is 10.2. The van der Waals surface area contributed by atoms with Crippen LogP contribution in [-0.4, -0.2) is 4.99 Å². The number of ether oxygens (including phenoxy) is 1. The first kappa shape index (κ1) is 14.0. The Labute approximate surface area is 124 Å². The Balaban J connectivity index is 2.10. The molecule has 0 aliphatic carbocycles. The summed E-state index contributed by atoms with van der Waals surface area (Å²) in [6.45, 7) is 0.275. The first-order chi connectivity index (χ1) is 9.04. The number of hydrogen-bond acceptors (Lipinski definition) is 2. The SMILES string of the molecule is NC(=S)c1cccc(OCc2cc(F)cc(Br)c2)c1. The molecule has 0 heterocycles. The third kappa shape index (κ3) is 4.01. The van der Waals surface area contributed by atoms with Gasteiger partial charge in [-0.25, -0.2) is 4.39 Å². The summed E-state index contributed by atoms with van der Waals surface area (Å²) in [6.07, 6.45) is 0. The Morgan fingerprint density at radius 2 is 2.05 bits per heavy atom. The minimum atomic E-state index is -0.301. The number of hydrogen-bond donors (Lipinski definition) is 1. The fourth-order valence-electron chi connectivity index (χ4n) is 1.60. The molecule has 0 aromatic heterocycles. The van der Waals surface area contributed by atoms with E-state index in [0.29, 0.717) is 15.2 Å². The van der Waals surface area contributed by atoms with Crippen molar-refractivity contribution >= 4 is 33.1 Å². The van der Waals surface area contributed by atoms with Crippen molar-refractivity contribution in [1.82, 2.24) is 0 Å². The minimum Gasteiger partial charge on any atom is -0.489 e. The number of benzene rings is 2. The van der Waals surface area contributed by atoms with Gasteiger partial charge < -0.3 is 10.5 Å². The first-order valence-corrected chi connectivity index (χ1v) is 6.72. The van der Waals surface area contributed by atoms with Crippen LogP contribution < -0.4 is 10.5 Å². The molecule has 2 aromatic rings. The van der Waals surface area contributed by atoms with Gasteiger partial charge in [-0.2, -0.15) is 0 Å². The second-order valence-electron chi connectivity index (χ2n) is 3.96. The van der Waals surface area contributed by atoms with Crippen molar-refractivity contribution in [2.75, 3.05) is 0 Å². The van der Waals surface area contributed by atoms with Crippen LogP contribution in [0.25, 0.3) is 0 Å². The van der Waals surface area contributed by atoms with Crippen LogP contribution in [-0.2, 0) is 6.61 Å². The van der Waals surface area contributed by atoms with Crippen LogP contribution in [0.4, 0.5) is 4.39 Å². The standard InChI is InChI=1S/C14H11BrFNOS/c15-11-4-9(5-12(16)7-11)8-18-13-3-1-2-10(6-13)14(17)19/h1-7H,8H2,(H2,17,19). The van der Waals surface area contributed by atoms with Crippen LogP contribution in [0.15, 0.2) is 46.9 Å². The second-order valence-corrected chi connectivity index (χ2v) is 5.31. The Kier molecular flexibility index (Phi) is 4.50. The third-order valence-electron chi connectivity index (χ3n) is 2.45. The number of halogens is 2. The predicted octanol–water partition coefficient (Wildman–Crippen LogP) is 3.80. The molecular weight excluding hydrogens is 329 g/mol. The highest BCUT2D eigenvalue weighted by atomic mass is 79.9. The van der Waals surface area contributed by atoms with Crippen molar-refractivity contribution in [3.05, 3.63) is 63.9 Å². The zero-order chi connectivity index (χ0) is 13.8. The molecule has 5 heteroatoms. The van der Waals surface area contributed by atoms with Gasteiger partial charge >= 0.3 is 0 Å². The van der Waals surface area contributed by atoms with Crippen LogP contribution in [0.1, 0.15) is 11.1 Å². The van der Waals surface area contributed by atoms with E-state index in [4.69, 9.17) is 22.7 Å². The van der Waals surface area contributed by atoms with E-state index in [-0.39, 0.29) is 12.4 Å². The van der Waals surface area contributed by atoms with Crippen LogP contribution >= 0.6 is 28.1 Å². The van der Waals surface area contributed by atoms with Gasteiger partial charge in [-0.15, -0.1) is 0 Å². The Morgan fingerprint density at radius 1 is 1.26 bits per heavy atom. The summed E-state index contributed by atoms with van der Waals surface area (Å²) >= 11 is 8.14. The molecule has 0 fully saturated rings. The van der Waals surface area contributed by atoms with E-state index in [1.807, 2.05) is 12.1 Å². The zero-order valence-electron chi connectivity index (χ0n) is 9.90. The molecule has 0 aliphatic rings. The summed E-state index contributed by atoms with van der Waals surface area (Å²) < 4.78 is 19.5. The zero-order valence-corrected chi connectivity index (χ0v) is 12.3. The minimum absolute atomic E-state index is 0.275. The van der Waals surface area contributed by atoms with E-state index in [1.165, 1.54) is 12.1 Å². The molecule has 0 spiro atoms. The van der Waals surface area contributed by atoms with Crippen LogP contribution in [0, 0.1) is 5.82 Å². The van der Waals surface area contributed by atoms with Gasteiger partial charge in [0.15, 0.2) is 0 Å². The van der Waals surface area contributed by atoms with Crippen LogP contribution in [0.5, 0.6) is 5.75 Å². The highest BCUT2D eigenvalue weighted by Gasteiger charge is 2.02. The van der Waals surface area contributed by atoms with Crippen molar-refractivity contribution in [3.8, 4) is 5.75 Å². The summed E-state index contributed by atoms with van der Waals surface area (Å²) in [5, 5.41) is 0. The summed E-state index contributed by atoms with van der Waals surface area (Å²) in [7, 11) is 0. The smallest absolute Gasteiger partial charge is 0.124 e. The second kappa shape index (κ2) is 6.12. The molecule has 0 saturated heterocycles. The lowest BCUT2D eigenvalue weighted by Gasteiger charge is -2.08. The summed E-state index contributed by atoms with van der Waals surface area (Å²) in [5.41, 5.74) is 7.04. The van der Waals surface area contributed by atoms with Gasteiger partial charge in [-0.1, -0.05) is 40.3 Å². The van der Waals surface area contributed by atoms with E-state index in [1.54, 1.807) is 18.2 Å². The monoisotopic (exact) mass is 339 g/mol. The highest BCUT2D eigenvalue weighted by molar-refractivity contribution is 9.10. The maximum Gasteiger partial charge on any atom is 0.124 e. The predicted molar refractivity (Wildman–Crippen MR) is 80.8 cm³/mol. The molecule has 2 nitrogen and oxygen atoms in total. The summed E-state index contributed by atoms with van der Waals surface area (Å²) in [6, 6.07) is 11.8. The lowest BCUT2D eigenvalue weighted by Crippen LogP contribution is -2.09. The lowest BCUT2D eigenvalue weighted by molar-refractivity contribution is 0.305. The van der Waals surface area contributed by atoms with E-state index in [2.05, 4.69) is 15.9 Å². The molecule has 0 aliphatic heterocycles. The summed E-state index contributed by atoms with van der Waals surface area (Å²) in [5.74, 6) is 0.343. The molecule has 98 valence electrons. The van der Waals surface area contributed by atoms with Gasteiger partial charge in [-0.05, 0) is 35.9 Å². The van der Waals surface area contributed by atoms with Gasteiger partial charge in [0, 0.05) is 10.0 Å². The fraction of sp³-hybridized carbons (Fsp3) is 0.0714. The molecule has 2 aromatic carbocycles. The highest BCUT2D eigenvalue weighted by Crippen LogP contribution is 2.18. The normalized spacial score (nSPS) is 10.2. The molecule has 0 saturated carbocycles. The van der Waals surface area contributed by atoms with E-state index in [0.717, 1.165) is 11.1 Å². The maximum absolute atomic E-state index is 13.2. The molecule has 0 bridgehead atoms. The van der Waals surface area contributed by atoms with Crippen LogP contribution in [0.2, 0.25) is 0 Å². The van der Waals surface area contributed by atoms with Crippen molar-refractivity contribution in [2.45, 2.75) is 6.61 Å². The number of rotatable bonds is 4. The molecule has 0 radical (unpaired) electrons. The summed E-state index contributed by atoms with van der Waals surface area (Å²) in [4.78, 5) is 0.318. The van der Waals surface area contributed by atoms with E-state index >= 15 is 0 Å². The number of nitrogens with two attached hydrogens (primary N) is 1. The van der Waals surface area contributed by atoms with Crippen molar-refractivity contribution in [3.63, 3.8) is 0 Å². The van der Waals surface area contributed by atoms with Crippen LogP contribution in [0.3, 0.4) is 0 Å². The molecule has 0 unspecified atom stereocenters. The molecule has 19 heavy (non-hydrogen) atoms. The van der Waals surface area contributed by atoms with Crippen molar-refractivity contribution < 1.29 is 9.13 Å². The third-order valence-corrected chi connectivity index (χ3v) is 3.14. The Morgan fingerprint density at radius 3 is 2.74 bits per heavy atom. The van der Waals surface area contributed by atoms with E-state index in [9.17, 15) is 4.39 Å². The topological polar surface area (TPSA) is 35.2 Å². The average Bonchev–Trinajstić information content (AvgIpc) is 2.35. The van der Waals surface area contributed by atoms with Crippen molar-refractivity contribution in [1.29, 1.82) is 0 Å². The molecule has 2 rings (SSSR count).